The summed E-state index contributed by atoms with van der Waals surface area (Å²) in [6.45, 7) is 5.65. The first-order valence-electron chi connectivity index (χ1n) is 12.4. The van der Waals surface area contributed by atoms with E-state index in [1.54, 1.807) is 23.1 Å². The van der Waals surface area contributed by atoms with Gasteiger partial charge in [-0.05, 0) is 86.8 Å². The van der Waals surface area contributed by atoms with E-state index in [4.69, 9.17) is 4.99 Å². The summed E-state index contributed by atoms with van der Waals surface area (Å²) in [5.74, 6) is -0.206. The predicted molar refractivity (Wildman–Crippen MR) is 152 cm³/mol. The van der Waals surface area contributed by atoms with Gasteiger partial charge in [0.05, 0.1) is 21.2 Å². The molecule has 2 heterocycles. The number of aryl methyl sites for hydroxylation is 2. The van der Waals surface area contributed by atoms with Gasteiger partial charge in [0.25, 0.3) is 11.6 Å². The van der Waals surface area contributed by atoms with Crippen LogP contribution >= 0.6 is 11.8 Å². The summed E-state index contributed by atoms with van der Waals surface area (Å²) in [7, 11) is 0. The molecule has 0 N–H and O–H groups in total. The molecule has 3 aromatic rings. The van der Waals surface area contributed by atoms with Crippen LogP contribution in [0.1, 0.15) is 36.0 Å². The molecule has 2 fully saturated rings. The molecule has 7 nitrogen and oxygen atoms in total. The highest BCUT2D eigenvalue weighted by atomic mass is 32.2. The fraction of sp³-hybridized carbons (Fsp3) is 0.241. The van der Waals surface area contributed by atoms with Crippen molar-refractivity contribution in [1.29, 1.82) is 0 Å². The summed E-state index contributed by atoms with van der Waals surface area (Å²) in [4.78, 5) is 34.1. The van der Waals surface area contributed by atoms with Crippen molar-refractivity contribution in [2.24, 2.45) is 4.99 Å². The molecule has 0 atom stereocenters. The second-order valence-corrected chi connectivity index (χ2v) is 10.4. The topological polar surface area (TPSA) is 79.0 Å². The van der Waals surface area contributed by atoms with Gasteiger partial charge >= 0.3 is 0 Å². The third-order valence-electron chi connectivity index (χ3n) is 6.55. The first-order chi connectivity index (χ1) is 17.9. The number of aliphatic imine (C=N–C) groups is 1. The molecular weight excluding hydrogens is 484 g/mol. The van der Waals surface area contributed by atoms with E-state index in [0.717, 1.165) is 54.9 Å². The van der Waals surface area contributed by atoms with Crippen molar-refractivity contribution >= 4 is 51.7 Å². The number of hydrogen-bond acceptors (Lipinski definition) is 6. The molecule has 1 amide bonds. The Morgan fingerprint density at radius 3 is 2.22 bits per heavy atom. The number of benzene rings is 3. The molecule has 2 saturated heterocycles. The van der Waals surface area contributed by atoms with E-state index in [-0.39, 0.29) is 16.5 Å². The fourth-order valence-electron chi connectivity index (χ4n) is 4.53. The molecule has 0 unspecified atom stereocenters. The van der Waals surface area contributed by atoms with Gasteiger partial charge in [0.15, 0.2) is 5.17 Å². The third-order valence-corrected chi connectivity index (χ3v) is 7.52. The van der Waals surface area contributed by atoms with Gasteiger partial charge in [-0.15, -0.1) is 0 Å². The Bertz CT molecular complexity index is 1390. The maximum absolute atomic E-state index is 13.6. The molecule has 188 valence electrons. The Kier molecular flexibility index (Phi) is 7.10. The van der Waals surface area contributed by atoms with Gasteiger partial charge in [-0.3, -0.25) is 19.8 Å². The van der Waals surface area contributed by atoms with E-state index in [1.807, 2.05) is 68.4 Å². The average molecular weight is 513 g/mol. The van der Waals surface area contributed by atoms with Gasteiger partial charge in [0.1, 0.15) is 5.69 Å². The molecule has 0 saturated carbocycles. The van der Waals surface area contributed by atoms with Crippen molar-refractivity contribution < 1.29 is 9.72 Å². The van der Waals surface area contributed by atoms with Crippen molar-refractivity contribution in [1.82, 2.24) is 0 Å². The number of anilines is 2. The van der Waals surface area contributed by atoms with Crippen LogP contribution in [0.15, 0.2) is 76.6 Å². The fourth-order valence-corrected chi connectivity index (χ4v) is 5.53. The number of carbonyl (C=O) groups excluding carboxylic acids is 1. The third kappa shape index (κ3) is 5.44. The quantitative estimate of drug-likeness (QED) is 0.209. The number of carbonyl (C=O) groups is 1. The summed E-state index contributed by atoms with van der Waals surface area (Å²) >= 11 is 1.27. The molecule has 0 aliphatic carbocycles. The van der Waals surface area contributed by atoms with Gasteiger partial charge in [-0.25, -0.2) is 4.99 Å². The zero-order valence-electron chi connectivity index (χ0n) is 20.9. The number of amidine groups is 1. The summed E-state index contributed by atoms with van der Waals surface area (Å²) in [6, 6.07) is 20.8. The van der Waals surface area contributed by atoms with Crippen LogP contribution in [0.2, 0.25) is 0 Å². The highest BCUT2D eigenvalue weighted by Crippen LogP contribution is 2.39. The molecule has 0 bridgehead atoms. The Labute approximate surface area is 220 Å². The van der Waals surface area contributed by atoms with Gasteiger partial charge < -0.3 is 4.90 Å². The number of thioether (sulfide) groups is 1. The van der Waals surface area contributed by atoms with E-state index in [0.29, 0.717) is 21.3 Å². The normalized spacial score (nSPS) is 18.2. The van der Waals surface area contributed by atoms with E-state index in [2.05, 4.69) is 4.90 Å². The summed E-state index contributed by atoms with van der Waals surface area (Å²) in [5.41, 5.74) is 5.02. The van der Waals surface area contributed by atoms with Crippen LogP contribution in [0.3, 0.4) is 0 Å². The SMILES string of the molecule is Cc1ccc(N=C2S/C(=C/c3ccc(N4CCCCC4)c([N+](=O)[O-])c3)C(=O)N2c2ccc(C)cc2)cc1. The lowest BCUT2D eigenvalue weighted by Gasteiger charge is -2.28. The van der Waals surface area contributed by atoms with Crippen LogP contribution in [-0.2, 0) is 4.79 Å². The molecule has 3 aromatic carbocycles. The Morgan fingerprint density at radius 1 is 0.919 bits per heavy atom. The molecule has 2 aliphatic heterocycles. The van der Waals surface area contributed by atoms with Crippen LogP contribution in [0.25, 0.3) is 6.08 Å². The van der Waals surface area contributed by atoms with Crippen LogP contribution in [0.4, 0.5) is 22.7 Å². The number of hydrogen-bond donors (Lipinski definition) is 0. The second-order valence-electron chi connectivity index (χ2n) is 9.37. The number of nitrogens with zero attached hydrogens (tertiary/aromatic N) is 4. The lowest BCUT2D eigenvalue weighted by molar-refractivity contribution is -0.384. The van der Waals surface area contributed by atoms with Crippen LogP contribution in [0, 0.1) is 24.0 Å². The first-order valence-corrected chi connectivity index (χ1v) is 13.2. The van der Waals surface area contributed by atoms with E-state index in [1.165, 1.54) is 11.8 Å². The Balaban J connectivity index is 1.52. The van der Waals surface area contributed by atoms with Gasteiger partial charge in [0.2, 0.25) is 0 Å². The van der Waals surface area contributed by atoms with Crippen molar-refractivity contribution in [2.45, 2.75) is 33.1 Å². The number of amides is 1. The lowest BCUT2D eigenvalue weighted by Crippen LogP contribution is -2.29. The van der Waals surface area contributed by atoms with Crippen molar-refractivity contribution in [2.75, 3.05) is 22.9 Å². The molecule has 37 heavy (non-hydrogen) atoms. The molecule has 2 aliphatic rings. The minimum absolute atomic E-state index is 0.0654. The monoisotopic (exact) mass is 512 g/mol. The molecule has 0 radical (unpaired) electrons. The minimum atomic E-state index is -0.335. The first kappa shape index (κ1) is 24.8. The predicted octanol–water partition coefficient (Wildman–Crippen LogP) is 7.01. The molecule has 0 aromatic heterocycles. The number of rotatable bonds is 5. The zero-order chi connectivity index (χ0) is 25.9. The number of nitro groups is 1. The van der Waals surface area contributed by atoms with Crippen molar-refractivity contribution in [3.05, 3.63) is 98.4 Å². The van der Waals surface area contributed by atoms with Crippen molar-refractivity contribution in [3.8, 4) is 0 Å². The zero-order valence-corrected chi connectivity index (χ0v) is 21.7. The summed E-state index contributed by atoms with van der Waals surface area (Å²) in [5, 5.41) is 12.5. The number of nitro benzene ring substituents is 1. The summed E-state index contributed by atoms with van der Waals surface area (Å²) in [6.07, 6.45) is 4.94. The van der Waals surface area contributed by atoms with Crippen LogP contribution in [0.5, 0.6) is 0 Å². The molecule has 8 heteroatoms. The van der Waals surface area contributed by atoms with E-state index in [9.17, 15) is 14.9 Å². The van der Waals surface area contributed by atoms with Gasteiger partial charge in [-0.1, -0.05) is 41.5 Å². The largest absolute Gasteiger partial charge is 0.366 e. The number of piperidine rings is 1. The Morgan fingerprint density at radius 2 is 1.57 bits per heavy atom. The molecule has 0 spiro atoms. The van der Waals surface area contributed by atoms with E-state index >= 15 is 0 Å². The van der Waals surface area contributed by atoms with Crippen LogP contribution < -0.4 is 9.80 Å². The minimum Gasteiger partial charge on any atom is -0.366 e. The van der Waals surface area contributed by atoms with Gasteiger partial charge in [0, 0.05) is 19.2 Å². The van der Waals surface area contributed by atoms with Crippen molar-refractivity contribution in [3.63, 3.8) is 0 Å². The Hall–Kier alpha value is -3.91. The average Bonchev–Trinajstić information content (AvgIpc) is 3.20. The maximum Gasteiger partial charge on any atom is 0.293 e. The lowest BCUT2D eigenvalue weighted by atomic mass is 10.1. The molecule has 5 rings (SSSR count). The van der Waals surface area contributed by atoms with Gasteiger partial charge in [-0.2, -0.15) is 0 Å². The van der Waals surface area contributed by atoms with E-state index < -0.39 is 0 Å². The molecular formula is C29H28N4O3S. The second kappa shape index (κ2) is 10.6. The van der Waals surface area contributed by atoms with Crippen LogP contribution in [-0.4, -0.2) is 29.1 Å². The highest BCUT2D eigenvalue weighted by Gasteiger charge is 2.35. The standard InChI is InChI=1S/C29H28N4O3S/c1-20-6-11-23(12-7-20)30-29-32(24-13-8-21(2)9-14-24)28(34)27(37-29)19-22-10-15-25(26(18-22)33(35)36)31-16-4-3-5-17-31/h6-15,18-19H,3-5,16-17H2,1-2H3/b27-19+,30-29?. The highest BCUT2D eigenvalue weighted by molar-refractivity contribution is 8.19. The smallest absolute Gasteiger partial charge is 0.293 e. The maximum atomic E-state index is 13.6. The summed E-state index contributed by atoms with van der Waals surface area (Å²) < 4.78 is 0.